The average molecular weight is 402 g/mol. The Labute approximate surface area is 170 Å². The molecule has 148 valence electrons. The monoisotopic (exact) mass is 401 g/mol. The summed E-state index contributed by atoms with van der Waals surface area (Å²) in [6, 6.07) is 9.49. The molecule has 6 heteroatoms. The summed E-state index contributed by atoms with van der Waals surface area (Å²) < 4.78 is 16.4. The number of likely N-dealkylation sites (tertiary alicyclic amines) is 1. The molecule has 5 nitrogen and oxygen atoms in total. The third-order valence-corrected chi connectivity index (χ3v) is 5.69. The lowest BCUT2D eigenvalue weighted by molar-refractivity contribution is 0.0810. The van der Waals surface area contributed by atoms with Gasteiger partial charge in [-0.3, -0.25) is 9.69 Å². The lowest BCUT2D eigenvalue weighted by Crippen LogP contribution is -2.38. The molecule has 2 aromatic rings. The Hall–Kier alpha value is -2.24. The highest BCUT2D eigenvalue weighted by Crippen LogP contribution is 2.42. The normalized spacial score (nSPS) is 18.9. The fourth-order valence-corrected chi connectivity index (χ4v) is 4.30. The number of aryl methyl sites for hydroxylation is 1. The molecule has 0 aliphatic carbocycles. The van der Waals surface area contributed by atoms with E-state index < -0.39 is 0 Å². The summed E-state index contributed by atoms with van der Waals surface area (Å²) in [5.41, 5.74) is 2.81. The van der Waals surface area contributed by atoms with Crippen LogP contribution >= 0.6 is 11.6 Å². The minimum absolute atomic E-state index is 0.00420. The van der Waals surface area contributed by atoms with E-state index in [9.17, 15) is 4.79 Å². The van der Waals surface area contributed by atoms with E-state index in [0.717, 1.165) is 54.9 Å². The Balaban J connectivity index is 1.48. The molecule has 1 atom stereocenters. The molecule has 0 N–H and O–H groups in total. The van der Waals surface area contributed by atoms with Crippen LogP contribution in [0.3, 0.4) is 0 Å². The van der Waals surface area contributed by atoms with Gasteiger partial charge in [-0.1, -0.05) is 11.6 Å². The Bertz CT molecular complexity index is 898. The number of fused-ring (bicyclic) bond motifs is 1. The van der Waals surface area contributed by atoms with Crippen molar-refractivity contribution >= 4 is 17.4 Å². The largest absolute Gasteiger partial charge is 0.493 e. The van der Waals surface area contributed by atoms with E-state index in [1.807, 2.05) is 31.2 Å². The van der Waals surface area contributed by atoms with E-state index in [0.29, 0.717) is 16.5 Å². The zero-order valence-corrected chi connectivity index (χ0v) is 16.9. The van der Waals surface area contributed by atoms with Crippen molar-refractivity contribution in [3.8, 4) is 17.2 Å². The van der Waals surface area contributed by atoms with Gasteiger partial charge < -0.3 is 14.2 Å². The van der Waals surface area contributed by atoms with Crippen LogP contribution in [0.4, 0.5) is 0 Å². The highest BCUT2D eigenvalue weighted by atomic mass is 35.5. The summed E-state index contributed by atoms with van der Waals surface area (Å²) in [6.07, 6.45) is 1.92. The topological polar surface area (TPSA) is 48.0 Å². The summed E-state index contributed by atoms with van der Waals surface area (Å²) in [7, 11) is 1.63. The molecule has 0 bridgehead atoms. The van der Waals surface area contributed by atoms with Crippen molar-refractivity contribution < 1.29 is 19.0 Å². The second-order valence-corrected chi connectivity index (χ2v) is 7.87. The Morgan fingerprint density at radius 1 is 1.29 bits per heavy atom. The number of halogens is 1. The first kappa shape index (κ1) is 19.1. The van der Waals surface area contributed by atoms with Gasteiger partial charge in [-0.2, -0.15) is 0 Å². The van der Waals surface area contributed by atoms with Crippen molar-refractivity contribution in [3.05, 3.63) is 52.0 Å². The molecule has 0 saturated carbocycles. The van der Waals surface area contributed by atoms with Crippen LogP contribution in [0.5, 0.6) is 17.2 Å². The van der Waals surface area contributed by atoms with Crippen molar-refractivity contribution in [2.24, 2.45) is 5.92 Å². The van der Waals surface area contributed by atoms with Crippen LogP contribution in [0.1, 0.15) is 34.3 Å². The first-order valence-electron chi connectivity index (χ1n) is 9.54. The predicted octanol–water partition coefficient (Wildman–Crippen LogP) is 4.48. The smallest absolute Gasteiger partial charge is 0.231 e. The number of piperidine rings is 1. The molecule has 2 aliphatic heterocycles. The van der Waals surface area contributed by atoms with Gasteiger partial charge in [0, 0.05) is 29.6 Å². The van der Waals surface area contributed by atoms with Gasteiger partial charge >= 0.3 is 0 Å². The molecule has 1 fully saturated rings. The SMILES string of the molecule is COc1cc(CN2CCC[C@@H](C(=O)c3ccc(Cl)cc3C)C2)cc2c1OCO2. The van der Waals surface area contributed by atoms with Crippen LogP contribution in [0.25, 0.3) is 0 Å². The van der Waals surface area contributed by atoms with Crippen LogP contribution in [0.15, 0.2) is 30.3 Å². The first-order valence-corrected chi connectivity index (χ1v) is 9.92. The minimum atomic E-state index is 0.00420. The Morgan fingerprint density at radius 2 is 2.14 bits per heavy atom. The number of ether oxygens (including phenoxy) is 3. The number of ketones is 1. The Kier molecular flexibility index (Phi) is 5.47. The summed E-state index contributed by atoms with van der Waals surface area (Å²) in [5, 5.41) is 0.663. The second kappa shape index (κ2) is 8.02. The lowest BCUT2D eigenvalue weighted by atomic mass is 9.88. The van der Waals surface area contributed by atoms with Crippen molar-refractivity contribution in [1.82, 2.24) is 4.90 Å². The molecule has 0 amide bonds. The summed E-state index contributed by atoms with van der Waals surface area (Å²) in [4.78, 5) is 15.4. The van der Waals surface area contributed by atoms with E-state index in [1.165, 1.54) is 0 Å². The number of nitrogens with zero attached hydrogens (tertiary/aromatic N) is 1. The molecule has 0 spiro atoms. The summed E-state index contributed by atoms with van der Waals surface area (Å²) in [6.45, 7) is 4.63. The van der Waals surface area contributed by atoms with Gasteiger partial charge in [0.2, 0.25) is 12.5 Å². The highest BCUT2D eigenvalue weighted by molar-refractivity contribution is 6.30. The molecule has 2 aromatic carbocycles. The molecule has 0 radical (unpaired) electrons. The highest BCUT2D eigenvalue weighted by Gasteiger charge is 2.28. The molecule has 0 aromatic heterocycles. The van der Waals surface area contributed by atoms with Gasteiger partial charge in [0.25, 0.3) is 0 Å². The number of hydrogen-bond donors (Lipinski definition) is 0. The quantitative estimate of drug-likeness (QED) is 0.691. The van der Waals surface area contributed by atoms with Gasteiger partial charge in [-0.25, -0.2) is 0 Å². The first-order chi connectivity index (χ1) is 13.5. The van der Waals surface area contributed by atoms with Crippen LogP contribution in [0, 0.1) is 12.8 Å². The molecule has 4 rings (SSSR count). The second-order valence-electron chi connectivity index (χ2n) is 7.43. The molecule has 0 unspecified atom stereocenters. The Morgan fingerprint density at radius 3 is 2.93 bits per heavy atom. The molecule has 2 heterocycles. The number of hydrogen-bond acceptors (Lipinski definition) is 5. The summed E-state index contributed by atoms with van der Waals surface area (Å²) in [5.74, 6) is 2.28. The van der Waals surface area contributed by atoms with E-state index in [-0.39, 0.29) is 18.5 Å². The van der Waals surface area contributed by atoms with E-state index >= 15 is 0 Å². The molecular weight excluding hydrogens is 378 g/mol. The third-order valence-electron chi connectivity index (χ3n) is 5.45. The fraction of sp³-hybridized carbons (Fsp3) is 0.409. The maximum atomic E-state index is 13.1. The molecule has 2 aliphatic rings. The fourth-order valence-electron chi connectivity index (χ4n) is 4.07. The standard InChI is InChI=1S/C22H24ClNO4/c1-14-8-17(23)5-6-18(14)21(25)16-4-3-7-24(12-16)11-15-9-19(26-2)22-20(10-15)27-13-28-22/h5-6,8-10,16H,3-4,7,11-13H2,1-2H3/t16-/m1/s1. The third kappa shape index (κ3) is 3.82. The molecule has 28 heavy (non-hydrogen) atoms. The molecule has 1 saturated heterocycles. The van der Waals surface area contributed by atoms with Gasteiger partial charge in [0.05, 0.1) is 7.11 Å². The maximum absolute atomic E-state index is 13.1. The number of methoxy groups -OCH3 is 1. The lowest BCUT2D eigenvalue weighted by Gasteiger charge is -2.32. The van der Waals surface area contributed by atoms with Gasteiger partial charge in [-0.15, -0.1) is 0 Å². The number of benzene rings is 2. The van der Waals surface area contributed by atoms with Gasteiger partial charge in [-0.05, 0) is 67.8 Å². The van der Waals surface area contributed by atoms with Crippen LogP contribution in [0.2, 0.25) is 5.02 Å². The van der Waals surface area contributed by atoms with Crippen LogP contribution in [-0.2, 0) is 6.54 Å². The van der Waals surface area contributed by atoms with E-state index in [1.54, 1.807) is 13.2 Å². The van der Waals surface area contributed by atoms with Crippen molar-refractivity contribution in [3.63, 3.8) is 0 Å². The molecular formula is C22H24ClNO4. The van der Waals surface area contributed by atoms with Gasteiger partial charge in [0.15, 0.2) is 17.3 Å². The maximum Gasteiger partial charge on any atom is 0.231 e. The predicted molar refractivity (Wildman–Crippen MR) is 108 cm³/mol. The van der Waals surface area contributed by atoms with E-state index in [2.05, 4.69) is 4.90 Å². The summed E-state index contributed by atoms with van der Waals surface area (Å²) >= 11 is 6.04. The zero-order chi connectivity index (χ0) is 19.7. The van der Waals surface area contributed by atoms with Crippen LogP contribution < -0.4 is 14.2 Å². The number of carbonyl (C=O) groups is 1. The number of Topliss-reactive ketones (excluding diaryl/α,β-unsaturated/α-hetero) is 1. The number of rotatable bonds is 5. The van der Waals surface area contributed by atoms with E-state index in [4.69, 9.17) is 25.8 Å². The average Bonchev–Trinajstić information content (AvgIpc) is 3.16. The van der Waals surface area contributed by atoms with Crippen LogP contribution in [-0.4, -0.2) is 37.7 Å². The van der Waals surface area contributed by atoms with Crippen molar-refractivity contribution in [2.75, 3.05) is 27.0 Å². The van der Waals surface area contributed by atoms with Crippen molar-refractivity contribution in [2.45, 2.75) is 26.3 Å². The van der Waals surface area contributed by atoms with Gasteiger partial charge in [0.1, 0.15) is 0 Å². The number of carbonyl (C=O) groups excluding carboxylic acids is 1. The van der Waals surface area contributed by atoms with Crippen molar-refractivity contribution in [1.29, 1.82) is 0 Å². The minimum Gasteiger partial charge on any atom is -0.493 e. The zero-order valence-electron chi connectivity index (χ0n) is 16.2.